The van der Waals surface area contributed by atoms with Crippen LogP contribution in [0.25, 0.3) is 0 Å². The Labute approximate surface area is 145 Å². The molecule has 11 heteroatoms. The number of hydrogen-bond donors (Lipinski definition) is 2. The number of oxime groups is 1. The highest BCUT2D eigenvalue weighted by atomic mass is 35.5. The minimum absolute atomic E-state index is 0.155. The molecule has 2 rings (SSSR count). The normalized spacial score (nSPS) is 11.4. The summed E-state index contributed by atoms with van der Waals surface area (Å²) in [5.74, 6) is 0.168. The third-order valence-electron chi connectivity index (χ3n) is 3.00. The molecule has 0 unspecified atom stereocenters. The second-order valence-electron chi connectivity index (χ2n) is 4.45. The summed E-state index contributed by atoms with van der Waals surface area (Å²) in [5, 5.41) is 23.7. The molecule has 1 heterocycles. The number of rotatable bonds is 5. The summed E-state index contributed by atoms with van der Waals surface area (Å²) >= 11 is 7.08. The number of nitrogen functional groups attached to an aromatic ring is 1. The highest BCUT2D eigenvalue weighted by Crippen LogP contribution is 2.40. The predicted octanol–water partition coefficient (Wildman–Crippen LogP) is 2.98. The number of benzene rings is 1. The van der Waals surface area contributed by atoms with Gasteiger partial charge in [0.1, 0.15) is 17.0 Å². The molecule has 0 aliphatic carbocycles. The second-order valence-corrected chi connectivity index (χ2v) is 5.88. The molecule has 24 heavy (non-hydrogen) atoms. The van der Waals surface area contributed by atoms with Crippen LogP contribution in [0.4, 0.5) is 11.4 Å². The highest BCUT2D eigenvalue weighted by Gasteiger charge is 2.22. The Bertz CT molecular complexity index is 830. The number of anilines is 1. The molecule has 0 atom stereocenters. The van der Waals surface area contributed by atoms with Crippen molar-refractivity contribution in [3.63, 3.8) is 0 Å². The van der Waals surface area contributed by atoms with E-state index in [2.05, 4.69) is 15.1 Å². The number of methoxy groups -OCH3 is 1. The van der Waals surface area contributed by atoms with E-state index >= 15 is 0 Å². The number of nitro benzene ring substituents is 1. The third-order valence-corrected chi connectivity index (χ3v) is 4.37. The lowest BCUT2D eigenvalue weighted by Crippen LogP contribution is -2.01. The smallest absolute Gasteiger partial charge is 0.284 e. The molecule has 0 spiro atoms. The predicted molar refractivity (Wildman–Crippen MR) is 89.2 cm³/mol. The van der Waals surface area contributed by atoms with Crippen molar-refractivity contribution in [1.82, 2.24) is 9.97 Å². The molecule has 0 saturated carbocycles. The first kappa shape index (κ1) is 17.8. The van der Waals surface area contributed by atoms with Crippen LogP contribution in [0.2, 0.25) is 5.02 Å². The standard InChI is InChI=1S/C13H12ClN5O4S/c1-6(18-20)7-3-9(19(21)22)10(4-8(7)14)24-13-11(15)12(23-2)16-5-17-13/h3-5,20H,15H2,1-2H3/b18-6+. The number of nitrogens with zero attached hydrogens (tertiary/aromatic N) is 4. The largest absolute Gasteiger partial charge is 0.479 e. The monoisotopic (exact) mass is 369 g/mol. The van der Waals surface area contributed by atoms with E-state index in [1.807, 2.05) is 0 Å². The number of hydrogen-bond acceptors (Lipinski definition) is 9. The summed E-state index contributed by atoms with van der Waals surface area (Å²) in [6.07, 6.45) is 1.24. The maximum Gasteiger partial charge on any atom is 0.284 e. The van der Waals surface area contributed by atoms with Gasteiger partial charge in [0.05, 0.1) is 27.7 Å². The van der Waals surface area contributed by atoms with Gasteiger partial charge in [-0.2, -0.15) is 4.98 Å². The van der Waals surface area contributed by atoms with Crippen LogP contribution in [0.5, 0.6) is 5.88 Å². The van der Waals surface area contributed by atoms with Gasteiger partial charge in [0, 0.05) is 11.6 Å². The van der Waals surface area contributed by atoms with Gasteiger partial charge in [-0.15, -0.1) is 0 Å². The van der Waals surface area contributed by atoms with Crippen LogP contribution < -0.4 is 10.5 Å². The average molecular weight is 370 g/mol. The van der Waals surface area contributed by atoms with Crippen LogP contribution in [0.3, 0.4) is 0 Å². The van der Waals surface area contributed by atoms with Crippen molar-refractivity contribution < 1.29 is 14.9 Å². The second kappa shape index (κ2) is 7.32. The third kappa shape index (κ3) is 3.49. The average Bonchev–Trinajstić information content (AvgIpc) is 2.56. The van der Waals surface area contributed by atoms with Crippen LogP contribution in [0.1, 0.15) is 12.5 Å². The minimum atomic E-state index is -0.568. The minimum Gasteiger partial charge on any atom is -0.479 e. The molecule has 9 nitrogen and oxygen atoms in total. The van der Waals surface area contributed by atoms with E-state index in [-0.39, 0.29) is 38.4 Å². The van der Waals surface area contributed by atoms with Crippen LogP contribution in [0, 0.1) is 10.1 Å². The maximum atomic E-state index is 11.4. The molecule has 0 aliphatic rings. The lowest BCUT2D eigenvalue weighted by atomic mass is 10.1. The van der Waals surface area contributed by atoms with E-state index in [1.165, 1.54) is 32.5 Å². The Kier molecular flexibility index (Phi) is 5.42. The van der Waals surface area contributed by atoms with Crippen molar-refractivity contribution in [1.29, 1.82) is 0 Å². The van der Waals surface area contributed by atoms with Gasteiger partial charge in [-0.25, -0.2) is 4.98 Å². The van der Waals surface area contributed by atoms with E-state index in [9.17, 15) is 10.1 Å². The van der Waals surface area contributed by atoms with Crippen molar-refractivity contribution >= 4 is 40.4 Å². The zero-order valence-electron chi connectivity index (χ0n) is 12.6. The zero-order valence-corrected chi connectivity index (χ0v) is 14.1. The Morgan fingerprint density at radius 1 is 1.50 bits per heavy atom. The molecule has 0 amide bonds. The molecule has 3 N–H and O–H groups in total. The molecule has 1 aromatic carbocycles. The van der Waals surface area contributed by atoms with Crippen molar-refractivity contribution in [3.05, 3.63) is 39.2 Å². The number of halogens is 1. The summed E-state index contributed by atoms with van der Waals surface area (Å²) in [7, 11) is 1.40. The summed E-state index contributed by atoms with van der Waals surface area (Å²) in [4.78, 5) is 18.9. The fraction of sp³-hybridized carbons (Fsp3) is 0.154. The van der Waals surface area contributed by atoms with Crippen molar-refractivity contribution in [2.45, 2.75) is 16.8 Å². The topological polar surface area (TPSA) is 137 Å². The van der Waals surface area contributed by atoms with E-state index in [4.69, 9.17) is 27.3 Å². The van der Waals surface area contributed by atoms with Gasteiger partial charge in [0.15, 0.2) is 0 Å². The molecule has 0 radical (unpaired) electrons. The van der Waals surface area contributed by atoms with Crippen LogP contribution in [0.15, 0.2) is 33.5 Å². The zero-order chi connectivity index (χ0) is 17.9. The molecular formula is C13H12ClN5O4S. The summed E-state index contributed by atoms with van der Waals surface area (Å²) in [6, 6.07) is 2.62. The Hall–Kier alpha value is -2.59. The molecule has 126 valence electrons. The van der Waals surface area contributed by atoms with Gasteiger partial charge in [0.2, 0.25) is 5.88 Å². The fourth-order valence-corrected chi connectivity index (χ4v) is 3.10. The molecule has 1 aromatic heterocycles. The highest BCUT2D eigenvalue weighted by molar-refractivity contribution is 7.99. The van der Waals surface area contributed by atoms with Gasteiger partial charge in [-0.05, 0) is 13.0 Å². The van der Waals surface area contributed by atoms with Crippen LogP contribution in [-0.4, -0.2) is 32.9 Å². The van der Waals surface area contributed by atoms with Gasteiger partial charge < -0.3 is 15.7 Å². The van der Waals surface area contributed by atoms with Gasteiger partial charge in [0.25, 0.3) is 5.69 Å². The van der Waals surface area contributed by atoms with E-state index in [0.717, 1.165) is 11.8 Å². The summed E-state index contributed by atoms with van der Waals surface area (Å²) < 4.78 is 5.00. The van der Waals surface area contributed by atoms with Crippen LogP contribution in [-0.2, 0) is 0 Å². The molecule has 0 aliphatic heterocycles. The molecule has 0 fully saturated rings. The van der Waals surface area contributed by atoms with Crippen molar-refractivity contribution in [3.8, 4) is 5.88 Å². The first-order valence-corrected chi connectivity index (χ1v) is 7.57. The van der Waals surface area contributed by atoms with Crippen molar-refractivity contribution in [2.24, 2.45) is 5.16 Å². The van der Waals surface area contributed by atoms with Crippen LogP contribution >= 0.6 is 23.4 Å². The molecule has 0 saturated heterocycles. The van der Waals surface area contributed by atoms with Gasteiger partial charge in [-0.3, -0.25) is 10.1 Å². The fourth-order valence-electron chi connectivity index (χ4n) is 1.81. The number of nitro groups is 1. The van der Waals surface area contributed by atoms with E-state index in [0.29, 0.717) is 5.03 Å². The Balaban J connectivity index is 2.55. The Morgan fingerprint density at radius 3 is 2.79 bits per heavy atom. The van der Waals surface area contributed by atoms with Crippen molar-refractivity contribution in [2.75, 3.05) is 12.8 Å². The number of ether oxygens (including phenoxy) is 1. The molecule has 0 bridgehead atoms. The summed E-state index contributed by atoms with van der Waals surface area (Å²) in [5.41, 5.74) is 6.23. The van der Waals surface area contributed by atoms with E-state index in [1.54, 1.807) is 0 Å². The first-order valence-electron chi connectivity index (χ1n) is 6.38. The number of nitrogens with two attached hydrogens (primary N) is 1. The Morgan fingerprint density at radius 2 is 2.21 bits per heavy atom. The summed E-state index contributed by atoms with van der Waals surface area (Å²) in [6.45, 7) is 1.48. The molecular weight excluding hydrogens is 358 g/mol. The van der Waals surface area contributed by atoms with Gasteiger partial charge >= 0.3 is 0 Å². The molecule has 2 aromatic rings. The number of aromatic nitrogens is 2. The van der Waals surface area contributed by atoms with E-state index < -0.39 is 4.92 Å². The maximum absolute atomic E-state index is 11.4. The lowest BCUT2D eigenvalue weighted by Gasteiger charge is -2.09. The lowest BCUT2D eigenvalue weighted by molar-refractivity contribution is -0.387. The quantitative estimate of drug-likeness (QED) is 0.270. The van der Waals surface area contributed by atoms with Gasteiger partial charge in [-0.1, -0.05) is 28.5 Å². The first-order chi connectivity index (χ1) is 11.4. The SMILES string of the molecule is COc1ncnc(Sc2cc(Cl)c(/C(C)=N/O)cc2[N+](=O)[O-])c1N.